The van der Waals surface area contributed by atoms with Gasteiger partial charge in [0.05, 0.1) is 17.4 Å². The Hall–Kier alpha value is -3.25. The fraction of sp³-hybridized carbons (Fsp3) is 0.192. The summed E-state index contributed by atoms with van der Waals surface area (Å²) in [5.74, 6) is -1.79. The van der Waals surface area contributed by atoms with E-state index in [-0.39, 0.29) is 11.1 Å². The smallest absolute Gasteiger partial charge is 0.361 e. The van der Waals surface area contributed by atoms with Crippen molar-refractivity contribution in [3.63, 3.8) is 0 Å². The summed E-state index contributed by atoms with van der Waals surface area (Å²) >= 11 is 6.06. The number of H-pyrrole nitrogens is 1. The van der Waals surface area contributed by atoms with Crippen molar-refractivity contribution in [1.82, 2.24) is 14.8 Å². The highest BCUT2D eigenvalue weighted by molar-refractivity contribution is 6.31. The first-order valence-corrected chi connectivity index (χ1v) is 11.1. The van der Waals surface area contributed by atoms with E-state index < -0.39 is 12.1 Å². The Morgan fingerprint density at radius 2 is 1.70 bits per heavy atom. The molecule has 5 rings (SSSR count). The average molecular weight is 470 g/mol. The summed E-state index contributed by atoms with van der Waals surface area (Å²) in [6.07, 6.45) is -1.46. The fourth-order valence-electron chi connectivity index (χ4n) is 4.02. The van der Waals surface area contributed by atoms with Gasteiger partial charge in [-0.2, -0.15) is 18.3 Å². The molecule has 0 aliphatic heterocycles. The van der Waals surface area contributed by atoms with E-state index in [9.17, 15) is 13.2 Å². The Kier molecular flexibility index (Phi) is 6.21. The Labute approximate surface area is 194 Å². The third-order valence-electron chi connectivity index (χ3n) is 5.52. The molecule has 2 aromatic heterocycles. The number of nitrogens with one attached hydrogen (secondary N) is 1. The Bertz CT molecular complexity index is 1400. The first-order chi connectivity index (χ1) is 15.8. The molecular formula is C26H23ClF3N3. The van der Waals surface area contributed by atoms with Crippen molar-refractivity contribution in [2.75, 3.05) is 0 Å². The van der Waals surface area contributed by atoms with Gasteiger partial charge >= 0.3 is 6.18 Å². The van der Waals surface area contributed by atoms with E-state index in [1.165, 1.54) is 12.3 Å². The summed E-state index contributed by atoms with van der Waals surface area (Å²) in [4.78, 5) is 2.93. The number of hydrogen-bond acceptors (Lipinski definition) is 1. The molecule has 0 aliphatic rings. The van der Waals surface area contributed by atoms with Crippen molar-refractivity contribution < 1.29 is 13.2 Å². The van der Waals surface area contributed by atoms with Crippen LogP contribution in [0.3, 0.4) is 0 Å². The first-order valence-electron chi connectivity index (χ1n) is 10.7. The van der Waals surface area contributed by atoms with Gasteiger partial charge in [-0.15, -0.1) is 0 Å². The van der Waals surface area contributed by atoms with Gasteiger partial charge in [-0.3, -0.25) is 0 Å². The fourth-order valence-corrected chi connectivity index (χ4v) is 4.19. The maximum Gasteiger partial charge on any atom is 0.399 e. The van der Waals surface area contributed by atoms with E-state index in [2.05, 4.69) is 10.1 Å². The van der Waals surface area contributed by atoms with Crippen LogP contribution >= 0.6 is 11.6 Å². The molecule has 0 saturated carbocycles. The van der Waals surface area contributed by atoms with Gasteiger partial charge in [0.15, 0.2) is 0 Å². The largest absolute Gasteiger partial charge is 0.399 e. The van der Waals surface area contributed by atoms with Crippen LogP contribution in [0.15, 0.2) is 73.1 Å². The second kappa shape index (κ2) is 8.94. The molecule has 3 aromatic carbocycles. The van der Waals surface area contributed by atoms with Crippen molar-refractivity contribution in [3.8, 4) is 5.69 Å². The molecular weight excluding hydrogens is 447 g/mol. The molecule has 0 spiro atoms. The minimum atomic E-state index is -4.47. The summed E-state index contributed by atoms with van der Waals surface area (Å²) in [5, 5.41) is 5.89. The van der Waals surface area contributed by atoms with Gasteiger partial charge in [0.2, 0.25) is 0 Å². The molecule has 2 heterocycles. The lowest BCUT2D eigenvalue weighted by molar-refractivity contribution is -0.140. The van der Waals surface area contributed by atoms with E-state index in [0.29, 0.717) is 21.3 Å². The zero-order valence-corrected chi connectivity index (χ0v) is 19.2. The van der Waals surface area contributed by atoms with Gasteiger partial charge < -0.3 is 4.98 Å². The van der Waals surface area contributed by atoms with Gasteiger partial charge in [0.25, 0.3) is 0 Å². The molecule has 0 bridgehead atoms. The highest BCUT2D eigenvalue weighted by Gasteiger charge is 2.43. The molecule has 0 radical (unpaired) electrons. The quantitative estimate of drug-likeness (QED) is 0.284. The predicted molar refractivity (Wildman–Crippen MR) is 128 cm³/mol. The molecule has 0 saturated heterocycles. The van der Waals surface area contributed by atoms with Crippen LogP contribution in [0, 0.1) is 6.92 Å². The first kappa shape index (κ1) is 22.9. The minimum Gasteiger partial charge on any atom is -0.361 e. The normalized spacial score (nSPS) is 12.6. The van der Waals surface area contributed by atoms with Crippen molar-refractivity contribution in [2.24, 2.45) is 0 Å². The van der Waals surface area contributed by atoms with Crippen molar-refractivity contribution in [3.05, 3.63) is 94.8 Å². The number of alkyl halides is 3. The van der Waals surface area contributed by atoms with E-state index in [1.807, 2.05) is 45.0 Å². The molecule has 1 unspecified atom stereocenters. The topological polar surface area (TPSA) is 33.6 Å². The number of benzene rings is 3. The number of hydrogen-bond donors (Lipinski definition) is 1. The van der Waals surface area contributed by atoms with Gasteiger partial charge in [-0.1, -0.05) is 49.2 Å². The molecule has 0 fully saturated rings. The minimum absolute atomic E-state index is 0.148. The van der Waals surface area contributed by atoms with E-state index >= 15 is 0 Å². The monoisotopic (exact) mass is 469 g/mol. The molecule has 1 atom stereocenters. The van der Waals surface area contributed by atoms with Crippen LogP contribution in [0.4, 0.5) is 13.2 Å². The summed E-state index contributed by atoms with van der Waals surface area (Å²) in [5.41, 5.74) is 3.64. The lowest BCUT2D eigenvalue weighted by atomic mass is 9.90. The summed E-state index contributed by atoms with van der Waals surface area (Å²) in [7, 11) is 0. The Morgan fingerprint density at radius 1 is 0.970 bits per heavy atom. The summed E-state index contributed by atoms with van der Waals surface area (Å²) in [6.45, 7) is 5.99. The van der Waals surface area contributed by atoms with Gasteiger partial charge in [-0.25, -0.2) is 4.68 Å². The van der Waals surface area contributed by atoms with Crippen LogP contribution in [0.1, 0.15) is 36.5 Å². The van der Waals surface area contributed by atoms with Gasteiger partial charge in [-0.05, 0) is 60.5 Å². The number of nitrogens with zero attached hydrogens (tertiary/aromatic N) is 2. The predicted octanol–water partition coefficient (Wildman–Crippen LogP) is 8.19. The lowest BCUT2D eigenvalue weighted by Gasteiger charge is -2.21. The number of aromatic nitrogens is 3. The number of aryl methyl sites for hydroxylation is 1. The maximum absolute atomic E-state index is 14.2. The third kappa shape index (κ3) is 4.35. The van der Waals surface area contributed by atoms with Crippen molar-refractivity contribution in [2.45, 2.75) is 32.9 Å². The Balaban J connectivity index is 0.00000126. The van der Waals surface area contributed by atoms with Crippen LogP contribution in [0.25, 0.3) is 27.5 Å². The third-order valence-corrected chi connectivity index (χ3v) is 5.75. The molecule has 170 valence electrons. The summed E-state index contributed by atoms with van der Waals surface area (Å²) < 4.78 is 44.4. The van der Waals surface area contributed by atoms with Crippen LogP contribution in [-0.2, 0) is 0 Å². The van der Waals surface area contributed by atoms with Crippen LogP contribution in [0.2, 0.25) is 5.02 Å². The zero-order valence-electron chi connectivity index (χ0n) is 18.4. The summed E-state index contributed by atoms with van der Waals surface area (Å²) in [6, 6.07) is 17.5. The SMILES string of the molecule is CC.Cc1ccc(-n2ncc3cc(C(c4c[nH]c5ccc(Cl)cc45)C(F)(F)F)ccc32)cc1. The molecule has 33 heavy (non-hydrogen) atoms. The molecule has 0 amide bonds. The van der Waals surface area contributed by atoms with Gasteiger partial charge in [0.1, 0.15) is 5.92 Å². The van der Waals surface area contributed by atoms with Crippen LogP contribution in [0.5, 0.6) is 0 Å². The Morgan fingerprint density at radius 3 is 2.39 bits per heavy atom. The molecule has 1 N–H and O–H groups in total. The van der Waals surface area contributed by atoms with Crippen LogP contribution in [-0.4, -0.2) is 20.9 Å². The molecule has 7 heteroatoms. The second-order valence-electron chi connectivity index (χ2n) is 7.62. The van der Waals surface area contributed by atoms with E-state index in [4.69, 9.17) is 11.6 Å². The second-order valence-corrected chi connectivity index (χ2v) is 8.06. The zero-order chi connectivity index (χ0) is 23.8. The lowest BCUT2D eigenvalue weighted by Crippen LogP contribution is -2.21. The maximum atomic E-state index is 14.2. The number of halogens is 4. The van der Waals surface area contributed by atoms with E-state index in [0.717, 1.165) is 16.8 Å². The van der Waals surface area contributed by atoms with Crippen molar-refractivity contribution >= 4 is 33.4 Å². The number of aromatic amines is 1. The number of rotatable bonds is 3. The highest BCUT2D eigenvalue weighted by atomic mass is 35.5. The van der Waals surface area contributed by atoms with Crippen LogP contribution < -0.4 is 0 Å². The highest BCUT2D eigenvalue weighted by Crippen LogP contribution is 2.43. The van der Waals surface area contributed by atoms with Crippen molar-refractivity contribution in [1.29, 1.82) is 0 Å². The molecule has 3 nitrogen and oxygen atoms in total. The standard InChI is InChI=1S/C24H17ClF3N3.C2H6/c1-14-2-6-18(7-3-14)31-22-9-4-15(10-16(22)12-30-31)23(24(26,27)28)20-13-29-21-8-5-17(25)11-19(20)21;1-2/h2-13,23,29H,1H3;1-2H3. The average Bonchev–Trinajstić information content (AvgIpc) is 3.39. The molecule has 0 aliphatic carbocycles. The van der Waals surface area contributed by atoms with E-state index in [1.54, 1.807) is 41.2 Å². The number of fused-ring (bicyclic) bond motifs is 2. The van der Waals surface area contributed by atoms with Gasteiger partial charge in [0, 0.05) is 27.5 Å². The molecule has 5 aromatic rings.